The van der Waals surface area contributed by atoms with Crippen molar-refractivity contribution in [2.24, 2.45) is 0 Å². The van der Waals surface area contributed by atoms with Gasteiger partial charge in [-0.05, 0) is 30.5 Å². The van der Waals surface area contributed by atoms with Gasteiger partial charge in [-0.2, -0.15) is 0 Å². The fourth-order valence-corrected chi connectivity index (χ4v) is 4.10. The first-order chi connectivity index (χ1) is 11.7. The Balaban J connectivity index is 1.65. The van der Waals surface area contributed by atoms with E-state index in [0.717, 1.165) is 64.1 Å². The second kappa shape index (κ2) is 8.32. The van der Waals surface area contributed by atoms with E-state index < -0.39 is 5.41 Å². The number of ether oxygens (including phenoxy) is 1. The van der Waals surface area contributed by atoms with Crippen molar-refractivity contribution in [3.8, 4) is 0 Å². The molecule has 0 bridgehead atoms. The van der Waals surface area contributed by atoms with E-state index in [2.05, 4.69) is 16.3 Å². The van der Waals surface area contributed by atoms with Gasteiger partial charge in [0.1, 0.15) is 0 Å². The van der Waals surface area contributed by atoms with Gasteiger partial charge in [-0.1, -0.05) is 43.0 Å². The molecule has 1 aliphatic carbocycles. The summed E-state index contributed by atoms with van der Waals surface area (Å²) in [4.78, 5) is 15.4. The van der Waals surface area contributed by atoms with Crippen molar-refractivity contribution < 1.29 is 9.53 Å². The van der Waals surface area contributed by atoms with E-state index in [1.165, 1.54) is 6.42 Å². The second-order valence-corrected chi connectivity index (χ2v) is 7.30. The third-order valence-electron chi connectivity index (χ3n) is 5.34. The molecule has 1 aliphatic heterocycles. The zero-order valence-electron chi connectivity index (χ0n) is 14.2. The van der Waals surface area contributed by atoms with E-state index in [0.29, 0.717) is 11.6 Å². The van der Waals surface area contributed by atoms with Crippen molar-refractivity contribution in [1.29, 1.82) is 0 Å². The van der Waals surface area contributed by atoms with E-state index in [-0.39, 0.29) is 5.91 Å². The maximum Gasteiger partial charge on any atom is 0.230 e. The lowest BCUT2D eigenvalue weighted by atomic mass is 9.68. The number of carbonyl (C=O) groups excluding carboxylic acids is 1. The summed E-state index contributed by atoms with van der Waals surface area (Å²) in [7, 11) is 0. The largest absolute Gasteiger partial charge is 0.379 e. The van der Waals surface area contributed by atoms with Crippen molar-refractivity contribution in [2.75, 3.05) is 39.4 Å². The summed E-state index contributed by atoms with van der Waals surface area (Å²) in [5, 5.41) is 3.90. The zero-order valence-corrected chi connectivity index (χ0v) is 15.0. The Labute approximate surface area is 149 Å². The molecule has 0 atom stereocenters. The number of hydrogen-bond donors (Lipinski definition) is 1. The third kappa shape index (κ3) is 4.11. The Morgan fingerprint density at radius 1 is 1.21 bits per heavy atom. The molecule has 0 spiro atoms. The van der Waals surface area contributed by atoms with Crippen LogP contribution in [0, 0.1) is 0 Å². The smallest absolute Gasteiger partial charge is 0.230 e. The van der Waals surface area contributed by atoms with Gasteiger partial charge in [0.05, 0.1) is 18.6 Å². The minimum atomic E-state index is -0.409. The first-order valence-corrected chi connectivity index (χ1v) is 9.43. The SMILES string of the molecule is O=C(NCCN1CCOCC1)C1(c2cccc(Cl)c2)CCCCC1. The topological polar surface area (TPSA) is 41.6 Å². The Morgan fingerprint density at radius 3 is 2.67 bits per heavy atom. The minimum Gasteiger partial charge on any atom is -0.379 e. The van der Waals surface area contributed by atoms with Gasteiger partial charge in [0.15, 0.2) is 0 Å². The van der Waals surface area contributed by atoms with Gasteiger partial charge < -0.3 is 10.1 Å². The van der Waals surface area contributed by atoms with Gasteiger partial charge in [0.2, 0.25) is 5.91 Å². The van der Waals surface area contributed by atoms with Crippen molar-refractivity contribution >= 4 is 17.5 Å². The maximum atomic E-state index is 13.1. The van der Waals surface area contributed by atoms with E-state index >= 15 is 0 Å². The number of morpholine rings is 1. The third-order valence-corrected chi connectivity index (χ3v) is 5.57. The van der Waals surface area contributed by atoms with Crippen LogP contribution in [-0.2, 0) is 14.9 Å². The maximum absolute atomic E-state index is 13.1. The molecule has 1 aromatic rings. The van der Waals surface area contributed by atoms with Crippen molar-refractivity contribution in [3.63, 3.8) is 0 Å². The lowest BCUT2D eigenvalue weighted by Gasteiger charge is -2.37. The number of amides is 1. The molecular formula is C19H27ClN2O2. The summed E-state index contributed by atoms with van der Waals surface area (Å²) in [6, 6.07) is 7.85. The van der Waals surface area contributed by atoms with E-state index in [4.69, 9.17) is 16.3 Å². The molecule has 4 nitrogen and oxygen atoms in total. The molecule has 2 fully saturated rings. The van der Waals surface area contributed by atoms with Crippen LogP contribution in [0.15, 0.2) is 24.3 Å². The number of carbonyl (C=O) groups is 1. The Hall–Kier alpha value is -1.10. The van der Waals surface area contributed by atoms with Crippen molar-refractivity contribution in [3.05, 3.63) is 34.9 Å². The standard InChI is InChI=1S/C19H27ClN2O2/c20-17-6-4-5-16(15-17)19(7-2-1-3-8-19)18(23)21-9-10-22-11-13-24-14-12-22/h4-6,15H,1-3,7-14H2,(H,21,23). The number of halogens is 1. The summed E-state index contributed by atoms with van der Waals surface area (Å²) in [6.45, 7) is 5.08. The summed E-state index contributed by atoms with van der Waals surface area (Å²) in [5.41, 5.74) is 0.660. The molecular weight excluding hydrogens is 324 g/mol. The highest BCUT2D eigenvalue weighted by atomic mass is 35.5. The average Bonchev–Trinajstić information content (AvgIpc) is 2.63. The second-order valence-electron chi connectivity index (χ2n) is 6.86. The van der Waals surface area contributed by atoms with Crippen molar-refractivity contribution in [2.45, 2.75) is 37.5 Å². The lowest BCUT2D eigenvalue weighted by molar-refractivity contribution is -0.128. The first-order valence-electron chi connectivity index (χ1n) is 9.05. The highest BCUT2D eigenvalue weighted by Gasteiger charge is 2.41. The molecule has 5 heteroatoms. The van der Waals surface area contributed by atoms with Gasteiger partial charge in [0, 0.05) is 31.2 Å². The Bertz CT molecular complexity index is 552. The van der Waals surface area contributed by atoms with Gasteiger partial charge in [-0.15, -0.1) is 0 Å². The molecule has 1 aromatic carbocycles. The van der Waals surface area contributed by atoms with Crippen LogP contribution in [0.25, 0.3) is 0 Å². The van der Waals surface area contributed by atoms with Crippen LogP contribution in [-0.4, -0.2) is 50.2 Å². The number of hydrogen-bond acceptors (Lipinski definition) is 3. The molecule has 1 heterocycles. The normalized spacial score (nSPS) is 21.4. The fraction of sp³-hybridized carbons (Fsp3) is 0.632. The average molecular weight is 351 g/mol. The highest BCUT2D eigenvalue weighted by Crippen LogP contribution is 2.40. The first kappa shape index (κ1) is 17.7. The molecule has 1 saturated carbocycles. The van der Waals surface area contributed by atoms with E-state index in [1.807, 2.05) is 18.2 Å². The molecule has 1 saturated heterocycles. The molecule has 0 radical (unpaired) electrons. The summed E-state index contributed by atoms with van der Waals surface area (Å²) in [5.74, 6) is 0.165. The minimum absolute atomic E-state index is 0.165. The monoisotopic (exact) mass is 350 g/mol. The van der Waals surface area contributed by atoms with Crippen LogP contribution < -0.4 is 5.32 Å². The molecule has 0 aromatic heterocycles. The predicted molar refractivity (Wildman–Crippen MR) is 96.5 cm³/mol. The Kier molecular flexibility index (Phi) is 6.14. The predicted octanol–water partition coefficient (Wildman–Crippen LogP) is 2.99. The number of nitrogens with zero attached hydrogens (tertiary/aromatic N) is 1. The van der Waals surface area contributed by atoms with Crippen molar-refractivity contribution in [1.82, 2.24) is 10.2 Å². The van der Waals surface area contributed by atoms with Crippen LogP contribution in [0.3, 0.4) is 0 Å². The highest BCUT2D eigenvalue weighted by molar-refractivity contribution is 6.30. The van der Waals surface area contributed by atoms with Crippen LogP contribution >= 0.6 is 11.6 Å². The fourth-order valence-electron chi connectivity index (χ4n) is 3.91. The molecule has 1 amide bonds. The van der Waals surface area contributed by atoms with Gasteiger partial charge >= 0.3 is 0 Å². The molecule has 132 valence electrons. The van der Waals surface area contributed by atoms with Gasteiger partial charge in [-0.3, -0.25) is 9.69 Å². The number of nitrogens with one attached hydrogen (secondary N) is 1. The number of rotatable bonds is 5. The molecule has 3 rings (SSSR count). The number of benzene rings is 1. The van der Waals surface area contributed by atoms with Gasteiger partial charge in [-0.25, -0.2) is 0 Å². The van der Waals surface area contributed by atoms with Crippen LogP contribution in [0.1, 0.15) is 37.7 Å². The quantitative estimate of drug-likeness (QED) is 0.887. The van der Waals surface area contributed by atoms with E-state index in [1.54, 1.807) is 0 Å². The van der Waals surface area contributed by atoms with Crippen LogP contribution in [0.4, 0.5) is 0 Å². The summed E-state index contributed by atoms with van der Waals surface area (Å²) < 4.78 is 5.37. The van der Waals surface area contributed by atoms with Crippen LogP contribution in [0.5, 0.6) is 0 Å². The lowest BCUT2D eigenvalue weighted by Crippen LogP contribution is -2.48. The van der Waals surface area contributed by atoms with Gasteiger partial charge in [0.25, 0.3) is 0 Å². The van der Waals surface area contributed by atoms with Crippen LogP contribution in [0.2, 0.25) is 5.02 Å². The Morgan fingerprint density at radius 2 is 1.96 bits per heavy atom. The summed E-state index contributed by atoms with van der Waals surface area (Å²) >= 11 is 6.19. The zero-order chi connectivity index (χ0) is 16.8. The van der Waals surface area contributed by atoms with E-state index in [9.17, 15) is 4.79 Å². The molecule has 2 aliphatic rings. The molecule has 0 unspecified atom stereocenters. The summed E-state index contributed by atoms with van der Waals surface area (Å²) in [6.07, 6.45) is 5.24. The molecule has 1 N–H and O–H groups in total. The molecule has 24 heavy (non-hydrogen) atoms.